The zero-order valence-corrected chi connectivity index (χ0v) is 7.19. The van der Waals surface area contributed by atoms with Crippen LogP contribution in [-0.4, -0.2) is 29.7 Å². The van der Waals surface area contributed by atoms with Crippen LogP contribution in [0.3, 0.4) is 0 Å². The highest BCUT2D eigenvalue weighted by Crippen LogP contribution is 2.11. The number of carbonyl (C=O) groups excluding carboxylic acids is 2. The van der Waals surface area contributed by atoms with Gasteiger partial charge in [0.05, 0.1) is 6.61 Å². The summed E-state index contributed by atoms with van der Waals surface area (Å²) in [5.74, 6) is -2.05. The maximum Gasteiger partial charge on any atom is 0.316 e. The molecule has 0 aromatic rings. The number of amides is 1. The molecule has 1 rings (SSSR count). The lowest BCUT2D eigenvalue weighted by Gasteiger charge is -2.20. The van der Waals surface area contributed by atoms with Crippen LogP contribution in [0.5, 0.6) is 0 Å². The number of aliphatic hydroxyl groups is 1. The van der Waals surface area contributed by atoms with Gasteiger partial charge in [0.1, 0.15) is 12.0 Å². The molecule has 0 spiro atoms. The minimum atomic E-state index is -1.34. The minimum absolute atomic E-state index is 0.234. The molecule has 13 heavy (non-hydrogen) atoms. The molecular formula is C8H11NO4. The topological polar surface area (TPSA) is 75.6 Å². The first kappa shape index (κ1) is 9.73. The first-order chi connectivity index (χ1) is 6.16. The van der Waals surface area contributed by atoms with E-state index in [0.29, 0.717) is 0 Å². The summed E-state index contributed by atoms with van der Waals surface area (Å²) >= 11 is 0. The predicted octanol–water partition coefficient (Wildman–Crippen LogP) is -0.830. The second kappa shape index (κ2) is 4.04. The van der Waals surface area contributed by atoms with Crippen molar-refractivity contribution in [3.63, 3.8) is 0 Å². The van der Waals surface area contributed by atoms with Crippen LogP contribution in [0.25, 0.3) is 0 Å². The van der Waals surface area contributed by atoms with Crippen molar-refractivity contribution in [2.45, 2.75) is 13.0 Å². The summed E-state index contributed by atoms with van der Waals surface area (Å²) in [6.45, 7) is 1.90. The van der Waals surface area contributed by atoms with Crippen LogP contribution in [-0.2, 0) is 14.3 Å². The molecule has 2 atom stereocenters. The van der Waals surface area contributed by atoms with Crippen molar-refractivity contribution in [3.8, 4) is 0 Å². The maximum atomic E-state index is 11.1. The van der Waals surface area contributed by atoms with Crippen molar-refractivity contribution in [3.05, 3.63) is 12.3 Å². The lowest BCUT2D eigenvalue weighted by atomic mass is 10.00. The van der Waals surface area contributed by atoms with Crippen molar-refractivity contribution in [2.75, 3.05) is 6.61 Å². The second-order valence-electron chi connectivity index (χ2n) is 2.59. The summed E-state index contributed by atoms with van der Waals surface area (Å²) in [4.78, 5) is 22.0. The molecule has 0 saturated carbocycles. The zero-order chi connectivity index (χ0) is 9.84. The fourth-order valence-electron chi connectivity index (χ4n) is 1.03. The van der Waals surface area contributed by atoms with Crippen LogP contribution in [0.4, 0.5) is 0 Å². The van der Waals surface area contributed by atoms with Crippen molar-refractivity contribution in [1.29, 1.82) is 0 Å². The Hall–Kier alpha value is -1.36. The van der Waals surface area contributed by atoms with Gasteiger partial charge in [0, 0.05) is 6.20 Å². The van der Waals surface area contributed by atoms with Gasteiger partial charge < -0.3 is 15.2 Å². The van der Waals surface area contributed by atoms with Gasteiger partial charge in [0.2, 0.25) is 0 Å². The zero-order valence-electron chi connectivity index (χ0n) is 7.19. The molecule has 0 saturated heterocycles. The first-order valence-electron chi connectivity index (χ1n) is 3.98. The Balaban J connectivity index is 2.68. The Labute approximate surface area is 75.4 Å². The lowest BCUT2D eigenvalue weighted by molar-refractivity contribution is -0.153. The summed E-state index contributed by atoms with van der Waals surface area (Å²) in [6, 6.07) is 0. The van der Waals surface area contributed by atoms with E-state index in [0.717, 1.165) is 0 Å². The van der Waals surface area contributed by atoms with Crippen LogP contribution in [0.1, 0.15) is 6.92 Å². The van der Waals surface area contributed by atoms with Crippen molar-refractivity contribution in [1.82, 2.24) is 5.32 Å². The first-order valence-corrected chi connectivity index (χ1v) is 3.98. The molecule has 0 unspecified atom stereocenters. The minimum Gasteiger partial charge on any atom is -0.465 e. The van der Waals surface area contributed by atoms with E-state index in [9.17, 15) is 14.7 Å². The van der Waals surface area contributed by atoms with Gasteiger partial charge in [0.15, 0.2) is 0 Å². The number of rotatable bonds is 2. The van der Waals surface area contributed by atoms with Crippen LogP contribution in [0, 0.1) is 5.92 Å². The maximum absolute atomic E-state index is 11.1. The number of carbonyl (C=O) groups is 2. The average Bonchev–Trinajstić information content (AvgIpc) is 2.10. The molecule has 1 aliphatic heterocycles. The molecule has 5 nitrogen and oxygen atoms in total. The molecule has 0 bridgehead atoms. The van der Waals surface area contributed by atoms with Gasteiger partial charge in [-0.3, -0.25) is 9.59 Å². The Bertz CT molecular complexity index is 249. The van der Waals surface area contributed by atoms with Gasteiger partial charge in [-0.1, -0.05) is 6.08 Å². The molecule has 0 radical (unpaired) electrons. The molecule has 5 heteroatoms. The van der Waals surface area contributed by atoms with E-state index >= 15 is 0 Å². The molecule has 0 aromatic heterocycles. The van der Waals surface area contributed by atoms with Crippen LogP contribution >= 0.6 is 0 Å². The molecule has 0 aliphatic carbocycles. The van der Waals surface area contributed by atoms with E-state index in [4.69, 9.17) is 0 Å². The summed E-state index contributed by atoms with van der Waals surface area (Å²) < 4.78 is 4.67. The fraction of sp³-hybridized carbons (Fsp3) is 0.500. The van der Waals surface area contributed by atoms with Gasteiger partial charge in [-0.15, -0.1) is 0 Å². The SMILES string of the molecule is CCOC(=O)[C@@H]1C=CNC(=O)[C@@H]1O. The third kappa shape index (κ3) is 2.06. The Morgan fingerprint density at radius 1 is 1.77 bits per heavy atom. The monoisotopic (exact) mass is 185 g/mol. The van der Waals surface area contributed by atoms with E-state index in [1.165, 1.54) is 12.3 Å². The Morgan fingerprint density at radius 3 is 3.08 bits per heavy atom. The van der Waals surface area contributed by atoms with E-state index in [2.05, 4.69) is 10.1 Å². The van der Waals surface area contributed by atoms with Crippen LogP contribution in [0.2, 0.25) is 0 Å². The van der Waals surface area contributed by atoms with E-state index in [-0.39, 0.29) is 6.61 Å². The lowest BCUT2D eigenvalue weighted by Crippen LogP contribution is -2.43. The molecule has 1 aliphatic rings. The van der Waals surface area contributed by atoms with Gasteiger partial charge in [-0.05, 0) is 6.92 Å². The normalized spacial score (nSPS) is 26.8. The number of esters is 1. The summed E-state index contributed by atoms with van der Waals surface area (Å²) in [6.07, 6.45) is 1.39. The van der Waals surface area contributed by atoms with Gasteiger partial charge >= 0.3 is 5.97 Å². The Morgan fingerprint density at radius 2 is 2.46 bits per heavy atom. The predicted molar refractivity (Wildman–Crippen MR) is 43.4 cm³/mol. The number of ether oxygens (including phenoxy) is 1. The van der Waals surface area contributed by atoms with Crippen LogP contribution < -0.4 is 5.32 Å². The number of aliphatic hydroxyl groups excluding tert-OH is 1. The van der Waals surface area contributed by atoms with Gasteiger partial charge in [0.25, 0.3) is 5.91 Å². The largest absolute Gasteiger partial charge is 0.465 e. The Kier molecular flexibility index (Phi) is 3.02. The molecule has 1 amide bonds. The fourth-order valence-corrected chi connectivity index (χ4v) is 1.03. The van der Waals surface area contributed by atoms with E-state index in [1.807, 2.05) is 0 Å². The smallest absolute Gasteiger partial charge is 0.316 e. The number of nitrogens with one attached hydrogen (secondary N) is 1. The molecular weight excluding hydrogens is 174 g/mol. The van der Waals surface area contributed by atoms with Crippen molar-refractivity contribution in [2.24, 2.45) is 5.92 Å². The van der Waals surface area contributed by atoms with E-state index < -0.39 is 23.9 Å². The standard InChI is InChI=1S/C8H11NO4/c1-2-13-8(12)5-3-4-9-7(11)6(5)10/h3-6,10H,2H2,1H3,(H,9,11)/t5-,6-/m1/s1. The van der Waals surface area contributed by atoms with Gasteiger partial charge in [-0.2, -0.15) is 0 Å². The number of hydrogen-bond donors (Lipinski definition) is 2. The summed E-state index contributed by atoms with van der Waals surface area (Å²) in [7, 11) is 0. The highest BCUT2D eigenvalue weighted by atomic mass is 16.5. The molecule has 72 valence electrons. The number of hydrogen-bond acceptors (Lipinski definition) is 4. The molecule has 1 heterocycles. The van der Waals surface area contributed by atoms with E-state index in [1.54, 1.807) is 6.92 Å². The average molecular weight is 185 g/mol. The third-order valence-corrected chi connectivity index (χ3v) is 1.70. The van der Waals surface area contributed by atoms with Crippen molar-refractivity contribution < 1.29 is 19.4 Å². The molecule has 2 N–H and O–H groups in total. The summed E-state index contributed by atoms with van der Waals surface area (Å²) in [5, 5.41) is 11.6. The van der Waals surface area contributed by atoms with Gasteiger partial charge in [-0.25, -0.2) is 0 Å². The second-order valence-corrected chi connectivity index (χ2v) is 2.59. The molecule has 0 aromatic carbocycles. The molecule has 0 fully saturated rings. The third-order valence-electron chi connectivity index (χ3n) is 1.70. The highest BCUT2D eigenvalue weighted by molar-refractivity contribution is 5.90. The van der Waals surface area contributed by atoms with Crippen molar-refractivity contribution >= 4 is 11.9 Å². The quantitative estimate of drug-likeness (QED) is 0.550. The van der Waals surface area contributed by atoms with Crippen LogP contribution in [0.15, 0.2) is 12.3 Å². The highest BCUT2D eigenvalue weighted by Gasteiger charge is 2.33. The summed E-state index contributed by atoms with van der Waals surface area (Å²) in [5.41, 5.74) is 0.